The average Bonchev–Trinajstić information content (AvgIpc) is 2.78. The van der Waals surface area contributed by atoms with Crippen LogP contribution in [0.3, 0.4) is 0 Å². The lowest BCUT2D eigenvalue weighted by molar-refractivity contribution is -0.152. The van der Waals surface area contributed by atoms with Gasteiger partial charge in [-0.2, -0.15) is 0 Å². The van der Waals surface area contributed by atoms with E-state index >= 15 is 0 Å². The van der Waals surface area contributed by atoms with Gasteiger partial charge in [0.1, 0.15) is 0 Å². The molecular weight excluding hydrogens is 260 g/mol. The second-order valence-corrected chi connectivity index (χ2v) is 6.38. The van der Waals surface area contributed by atoms with Crippen molar-refractivity contribution in [3.05, 3.63) is 0 Å². The summed E-state index contributed by atoms with van der Waals surface area (Å²) < 4.78 is 0. The summed E-state index contributed by atoms with van der Waals surface area (Å²) in [5, 5.41) is 19.3. The minimum Gasteiger partial charge on any atom is -0.481 e. The van der Waals surface area contributed by atoms with Crippen LogP contribution >= 0.6 is 0 Å². The third-order valence-electron chi connectivity index (χ3n) is 4.84. The molecule has 20 heavy (non-hydrogen) atoms. The third-order valence-corrected chi connectivity index (χ3v) is 4.84. The van der Waals surface area contributed by atoms with Gasteiger partial charge in [0.2, 0.25) is 0 Å². The molecule has 2 heterocycles. The summed E-state index contributed by atoms with van der Waals surface area (Å²) in [4.78, 5) is 27.1. The van der Waals surface area contributed by atoms with Crippen molar-refractivity contribution in [1.82, 2.24) is 9.80 Å². The molecule has 1 atom stereocenters. The van der Waals surface area contributed by atoms with Crippen molar-refractivity contribution >= 4 is 12.0 Å². The number of amides is 2. The summed E-state index contributed by atoms with van der Waals surface area (Å²) in [6.07, 6.45) is 2.22. The van der Waals surface area contributed by atoms with Crippen molar-refractivity contribution in [3.63, 3.8) is 0 Å². The van der Waals surface area contributed by atoms with E-state index in [1.165, 1.54) is 0 Å². The Morgan fingerprint density at radius 2 is 1.65 bits per heavy atom. The monoisotopic (exact) mass is 284 g/mol. The van der Waals surface area contributed by atoms with E-state index in [-0.39, 0.29) is 6.03 Å². The summed E-state index contributed by atoms with van der Waals surface area (Å²) in [6.45, 7) is 5.53. The number of carboxylic acid groups (broad SMARTS) is 1. The zero-order valence-electron chi connectivity index (χ0n) is 12.3. The second kappa shape index (κ2) is 5.24. The highest BCUT2D eigenvalue weighted by atomic mass is 16.4. The first-order valence-electron chi connectivity index (χ1n) is 7.29. The molecule has 0 spiro atoms. The Balaban J connectivity index is 1.94. The third kappa shape index (κ3) is 2.75. The molecule has 0 radical (unpaired) electrons. The van der Waals surface area contributed by atoms with Gasteiger partial charge >= 0.3 is 12.0 Å². The lowest BCUT2D eigenvalue weighted by atomic mass is 9.76. The van der Waals surface area contributed by atoms with Gasteiger partial charge < -0.3 is 20.0 Å². The van der Waals surface area contributed by atoms with Gasteiger partial charge in [0.15, 0.2) is 0 Å². The number of urea groups is 1. The predicted octanol–water partition coefficient (Wildman–Crippen LogP) is 1.14. The topological polar surface area (TPSA) is 81.1 Å². The van der Waals surface area contributed by atoms with E-state index in [1.54, 1.807) is 16.7 Å². The highest BCUT2D eigenvalue weighted by Crippen LogP contribution is 2.35. The first kappa shape index (κ1) is 15.1. The van der Waals surface area contributed by atoms with Crippen LogP contribution in [0, 0.1) is 5.41 Å². The van der Waals surface area contributed by atoms with Crippen LogP contribution in [-0.4, -0.2) is 63.8 Å². The SMILES string of the molecule is CCC1(C(=O)O)CCN(C(=O)N2CCC(C)(O)C2)CC1. The molecule has 2 saturated heterocycles. The van der Waals surface area contributed by atoms with E-state index in [1.807, 2.05) is 6.92 Å². The van der Waals surface area contributed by atoms with Gasteiger partial charge in [-0.25, -0.2) is 4.79 Å². The molecule has 0 aromatic rings. The maximum absolute atomic E-state index is 12.4. The molecule has 2 amide bonds. The fourth-order valence-corrected chi connectivity index (χ4v) is 3.15. The number of likely N-dealkylation sites (tertiary alicyclic amines) is 2. The number of aliphatic carboxylic acids is 1. The highest BCUT2D eigenvalue weighted by molar-refractivity contribution is 5.77. The minimum atomic E-state index is -0.792. The van der Waals surface area contributed by atoms with Crippen LogP contribution < -0.4 is 0 Å². The van der Waals surface area contributed by atoms with Gasteiger partial charge in [-0.1, -0.05) is 6.92 Å². The Bertz CT molecular complexity index is 400. The van der Waals surface area contributed by atoms with E-state index in [9.17, 15) is 19.8 Å². The first-order valence-corrected chi connectivity index (χ1v) is 7.29. The molecule has 0 aromatic carbocycles. The normalized spacial score (nSPS) is 29.6. The van der Waals surface area contributed by atoms with E-state index in [2.05, 4.69) is 0 Å². The largest absolute Gasteiger partial charge is 0.481 e. The number of carbonyl (C=O) groups is 2. The Morgan fingerprint density at radius 1 is 1.10 bits per heavy atom. The molecule has 6 nitrogen and oxygen atoms in total. The molecule has 2 aliphatic heterocycles. The summed E-state index contributed by atoms with van der Waals surface area (Å²) in [7, 11) is 0. The van der Waals surface area contributed by atoms with Crippen LogP contribution in [0.5, 0.6) is 0 Å². The van der Waals surface area contributed by atoms with E-state index in [4.69, 9.17) is 0 Å². The molecule has 114 valence electrons. The van der Waals surface area contributed by atoms with Crippen molar-refractivity contribution < 1.29 is 19.8 Å². The fraction of sp³-hybridized carbons (Fsp3) is 0.857. The Kier molecular flexibility index (Phi) is 3.95. The maximum atomic E-state index is 12.4. The molecular formula is C14H24N2O4. The zero-order chi connectivity index (χ0) is 15.0. The van der Waals surface area contributed by atoms with Crippen molar-refractivity contribution in [2.24, 2.45) is 5.41 Å². The number of aliphatic hydroxyl groups is 1. The molecule has 0 bridgehead atoms. The number of carbonyl (C=O) groups excluding carboxylic acids is 1. The van der Waals surface area contributed by atoms with Crippen LogP contribution in [0.15, 0.2) is 0 Å². The van der Waals surface area contributed by atoms with E-state index in [0.29, 0.717) is 51.9 Å². The van der Waals surface area contributed by atoms with Crippen LogP contribution in [0.2, 0.25) is 0 Å². The van der Waals surface area contributed by atoms with Crippen LogP contribution in [0.25, 0.3) is 0 Å². The molecule has 6 heteroatoms. The molecule has 0 aromatic heterocycles. The molecule has 0 aliphatic carbocycles. The van der Waals surface area contributed by atoms with Crippen molar-refractivity contribution in [3.8, 4) is 0 Å². The molecule has 1 unspecified atom stereocenters. The van der Waals surface area contributed by atoms with Gasteiger partial charge in [0.05, 0.1) is 17.6 Å². The Hall–Kier alpha value is -1.30. The quantitative estimate of drug-likeness (QED) is 0.797. The van der Waals surface area contributed by atoms with E-state index < -0.39 is 17.0 Å². The fourth-order valence-electron chi connectivity index (χ4n) is 3.15. The molecule has 2 fully saturated rings. The maximum Gasteiger partial charge on any atom is 0.320 e. The van der Waals surface area contributed by atoms with Crippen molar-refractivity contribution in [2.75, 3.05) is 26.2 Å². The highest BCUT2D eigenvalue weighted by Gasteiger charge is 2.42. The number of hydrogen-bond acceptors (Lipinski definition) is 3. The Morgan fingerprint density at radius 3 is 2.05 bits per heavy atom. The lowest BCUT2D eigenvalue weighted by Gasteiger charge is -2.39. The van der Waals surface area contributed by atoms with Gasteiger partial charge in [-0.15, -0.1) is 0 Å². The van der Waals surface area contributed by atoms with Crippen molar-refractivity contribution in [2.45, 2.75) is 45.1 Å². The smallest absolute Gasteiger partial charge is 0.320 e. The number of hydrogen-bond donors (Lipinski definition) is 2. The first-order chi connectivity index (χ1) is 9.30. The van der Waals surface area contributed by atoms with Gasteiger partial charge in [-0.3, -0.25) is 4.79 Å². The number of piperidine rings is 1. The molecule has 2 aliphatic rings. The summed E-state index contributed by atoms with van der Waals surface area (Å²) >= 11 is 0. The molecule has 2 rings (SSSR count). The van der Waals surface area contributed by atoms with E-state index in [0.717, 1.165) is 0 Å². The predicted molar refractivity (Wildman–Crippen MR) is 73.4 cm³/mol. The average molecular weight is 284 g/mol. The standard InChI is InChI=1S/C14H24N2O4/c1-3-14(11(17)18)5-8-15(9-6-14)12(19)16-7-4-13(2,20)10-16/h20H,3-10H2,1-2H3,(H,17,18). The number of nitrogens with zero attached hydrogens (tertiary/aromatic N) is 2. The minimum absolute atomic E-state index is 0.0714. The number of β-amino-alcohol motifs (C(OH)–C–C–N with tert-alkyl or cyclic N) is 1. The second-order valence-electron chi connectivity index (χ2n) is 6.38. The van der Waals surface area contributed by atoms with Crippen LogP contribution in [0.4, 0.5) is 4.79 Å². The van der Waals surface area contributed by atoms with Crippen LogP contribution in [-0.2, 0) is 4.79 Å². The van der Waals surface area contributed by atoms with Gasteiger partial charge in [-0.05, 0) is 32.6 Å². The van der Waals surface area contributed by atoms with Gasteiger partial charge in [0.25, 0.3) is 0 Å². The zero-order valence-corrected chi connectivity index (χ0v) is 12.3. The van der Waals surface area contributed by atoms with Crippen LogP contribution in [0.1, 0.15) is 39.5 Å². The molecule has 0 saturated carbocycles. The molecule has 2 N–H and O–H groups in total. The Labute approximate surface area is 119 Å². The van der Waals surface area contributed by atoms with Crippen molar-refractivity contribution in [1.29, 1.82) is 0 Å². The summed E-state index contributed by atoms with van der Waals surface area (Å²) in [6, 6.07) is -0.0714. The lowest BCUT2D eigenvalue weighted by Crippen LogP contribution is -2.50. The number of carboxylic acids is 1. The summed E-state index contributed by atoms with van der Waals surface area (Å²) in [5.74, 6) is -0.754. The van der Waals surface area contributed by atoms with Gasteiger partial charge in [0, 0.05) is 19.6 Å². The summed E-state index contributed by atoms with van der Waals surface area (Å²) in [5.41, 5.74) is -1.47. The number of rotatable bonds is 2.